The largest absolute Gasteiger partial charge is 0.352 e. The highest BCUT2D eigenvalue weighted by atomic mass is 127. The minimum absolute atomic E-state index is 0. The van der Waals surface area contributed by atoms with Crippen LogP contribution in [0.25, 0.3) is 10.9 Å². The molecule has 2 atom stereocenters. The predicted octanol–water partition coefficient (Wildman–Crippen LogP) is 3.25. The lowest BCUT2D eigenvalue weighted by atomic mass is 10.1. The molecule has 5 nitrogen and oxygen atoms in total. The van der Waals surface area contributed by atoms with Crippen molar-refractivity contribution in [2.75, 3.05) is 20.1 Å². The zero-order valence-electron chi connectivity index (χ0n) is 16.1. The van der Waals surface area contributed by atoms with E-state index in [9.17, 15) is 0 Å². The van der Waals surface area contributed by atoms with Gasteiger partial charge in [-0.25, -0.2) is 0 Å². The Morgan fingerprint density at radius 2 is 2.04 bits per heavy atom. The number of hydrogen-bond acceptors (Lipinski definition) is 3. The Morgan fingerprint density at radius 3 is 2.73 bits per heavy atom. The Kier molecular flexibility index (Phi) is 7.64. The first-order valence-electron chi connectivity index (χ1n) is 9.12. The summed E-state index contributed by atoms with van der Waals surface area (Å²) in [6.45, 7) is 9.74. The number of hydrogen-bond donors (Lipinski definition) is 2. The maximum atomic E-state index is 4.52. The zero-order chi connectivity index (χ0) is 17.8. The lowest BCUT2D eigenvalue weighted by Gasteiger charge is -2.22. The number of halogens is 1. The third-order valence-corrected chi connectivity index (χ3v) is 5.08. The molecule has 2 unspecified atom stereocenters. The Balaban J connectivity index is 0.00000243. The summed E-state index contributed by atoms with van der Waals surface area (Å²) in [5.41, 5.74) is 2.23. The van der Waals surface area contributed by atoms with Gasteiger partial charge in [0.05, 0.1) is 5.52 Å². The maximum absolute atomic E-state index is 4.52. The molecule has 0 aliphatic carbocycles. The molecule has 26 heavy (non-hydrogen) atoms. The summed E-state index contributed by atoms with van der Waals surface area (Å²) in [6.07, 6.45) is 1.85. The fourth-order valence-electron chi connectivity index (χ4n) is 3.47. The summed E-state index contributed by atoms with van der Waals surface area (Å²) in [5.74, 6) is 1.47. The second-order valence-corrected chi connectivity index (χ2v) is 7.19. The van der Waals surface area contributed by atoms with Gasteiger partial charge in [0.1, 0.15) is 0 Å². The minimum Gasteiger partial charge on any atom is -0.352 e. The van der Waals surface area contributed by atoms with E-state index >= 15 is 0 Å². The van der Waals surface area contributed by atoms with E-state index in [4.69, 9.17) is 0 Å². The van der Waals surface area contributed by atoms with Gasteiger partial charge in [0.15, 0.2) is 5.96 Å². The first-order valence-corrected chi connectivity index (χ1v) is 9.12. The van der Waals surface area contributed by atoms with Gasteiger partial charge in [-0.3, -0.25) is 14.9 Å². The van der Waals surface area contributed by atoms with Crippen LogP contribution in [0.5, 0.6) is 0 Å². The Hall–Kier alpha value is -1.41. The average molecular weight is 467 g/mol. The average Bonchev–Trinajstić information content (AvgIpc) is 2.99. The van der Waals surface area contributed by atoms with Crippen LogP contribution in [0, 0.1) is 5.92 Å². The van der Waals surface area contributed by atoms with Crippen LogP contribution in [0.3, 0.4) is 0 Å². The number of aliphatic imine (C=N–C) groups is 1. The molecule has 2 N–H and O–H groups in total. The lowest BCUT2D eigenvalue weighted by molar-refractivity contribution is 0.265. The van der Waals surface area contributed by atoms with E-state index in [0.29, 0.717) is 24.5 Å². The molecule has 142 valence electrons. The van der Waals surface area contributed by atoms with E-state index in [-0.39, 0.29) is 24.0 Å². The molecule has 2 aromatic rings. The number of guanidine groups is 1. The van der Waals surface area contributed by atoms with E-state index in [2.05, 4.69) is 70.5 Å². The third-order valence-electron chi connectivity index (χ3n) is 5.08. The number of nitrogens with one attached hydrogen (secondary N) is 2. The van der Waals surface area contributed by atoms with Crippen LogP contribution < -0.4 is 10.6 Å². The predicted molar refractivity (Wildman–Crippen MR) is 120 cm³/mol. The Labute approximate surface area is 173 Å². The number of benzene rings is 1. The molecule has 0 radical (unpaired) electrons. The SMILES string of the molecule is CN=C(NCc1cccc2cccnc12)NC1CN(C(C)C)CC1C.I. The molecule has 1 fully saturated rings. The highest BCUT2D eigenvalue weighted by molar-refractivity contribution is 14.0. The van der Waals surface area contributed by atoms with Crippen LogP contribution >= 0.6 is 24.0 Å². The minimum atomic E-state index is 0. The molecule has 6 heteroatoms. The van der Waals surface area contributed by atoms with Crippen molar-refractivity contribution in [3.05, 3.63) is 42.1 Å². The van der Waals surface area contributed by atoms with Crippen molar-refractivity contribution in [3.8, 4) is 0 Å². The number of rotatable bonds is 4. The van der Waals surface area contributed by atoms with E-state index in [1.54, 1.807) is 0 Å². The smallest absolute Gasteiger partial charge is 0.191 e. The van der Waals surface area contributed by atoms with Gasteiger partial charge >= 0.3 is 0 Å². The van der Waals surface area contributed by atoms with Crippen LogP contribution in [0.4, 0.5) is 0 Å². The highest BCUT2D eigenvalue weighted by Crippen LogP contribution is 2.19. The zero-order valence-corrected chi connectivity index (χ0v) is 18.4. The molecule has 1 aliphatic heterocycles. The number of pyridine rings is 1. The number of aromatic nitrogens is 1. The van der Waals surface area contributed by atoms with Crippen LogP contribution in [-0.4, -0.2) is 48.1 Å². The Morgan fingerprint density at radius 1 is 1.27 bits per heavy atom. The number of fused-ring (bicyclic) bond motifs is 1. The fraction of sp³-hybridized carbons (Fsp3) is 0.500. The molecule has 0 spiro atoms. The molecule has 1 aromatic carbocycles. The van der Waals surface area contributed by atoms with E-state index in [1.807, 2.05) is 19.3 Å². The van der Waals surface area contributed by atoms with Gasteiger partial charge in [-0.15, -0.1) is 24.0 Å². The van der Waals surface area contributed by atoms with Crippen LogP contribution in [0.2, 0.25) is 0 Å². The summed E-state index contributed by atoms with van der Waals surface area (Å²) >= 11 is 0. The fourth-order valence-corrected chi connectivity index (χ4v) is 3.47. The van der Waals surface area contributed by atoms with Gasteiger partial charge in [-0.2, -0.15) is 0 Å². The van der Waals surface area contributed by atoms with Gasteiger partial charge in [0.25, 0.3) is 0 Å². The van der Waals surface area contributed by atoms with Gasteiger partial charge in [0, 0.05) is 50.3 Å². The first-order chi connectivity index (χ1) is 12.1. The first kappa shape index (κ1) is 20.9. The van der Waals surface area contributed by atoms with Crippen molar-refractivity contribution < 1.29 is 0 Å². The monoisotopic (exact) mass is 467 g/mol. The van der Waals surface area contributed by atoms with Gasteiger partial charge in [-0.1, -0.05) is 31.2 Å². The Bertz CT molecular complexity index is 741. The molecule has 0 amide bonds. The van der Waals surface area contributed by atoms with Crippen molar-refractivity contribution in [1.29, 1.82) is 0 Å². The van der Waals surface area contributed by atoms with Gasteiger partial charge in [0.2, 0.25) is 0 Å². The molecule has 1 aromatic heterocycles. The third kappa shape index (κ3) is 4.85. The molecule has 1 aliphatic rings. The summed E-state index contributed by atoms with van der Waals surface area (Å²) < 4.78 is 0. The maximum Gasteiger partial charge on any atom is 0.191 e. The quantitative estimate of drug-likeness (QED) is 0.412. The normalized spacial score (nSPS) is 21.0. The van der Waals surface area contributed by atoms with Crippen molar-refractivity contribution in [2.24, 2.45) is 10.9 Å². The number of likely N-dealkylation sites (tertiary alicyclic amines) is 1. The molecule has 3 rings (SSSR count). The van der Waals surface area contributed by atoms with Crippen LogP contribution in [0.15, 0.2) is 41.5 Å². The van der Waals surface area contributed by atoms with E-state index in [1.165, 1.54) is 10.9 Å². The van der Waals surface area contributed by atoms with Crippen molar-refractivity contribution in [2.45, 2.75) is 39.4 Å². The molecular formula is C20H30IN5. The van der Waals surface area contributed by atoms with Crippen molar-refractivity contribution in [1.82, 2.24) is 20.5 Å². The van der Waals surface area contributed by atoms with E-state index < -0.39 is 0 Å². The second kappa shape index (κ2) is 9.50. The molecule has 0 saturated carbocycles. The number of para-hydroxylation sites is 1. The highest BCUT2D eigenvalue weighted by Gasteiger charge is 2.31. The van der Waals surface area contributed by atoms with Crippen LogP contribution in [-0.2, 0) is 6.54 Å². The molecular weight excluding hydrogens is 437 g/mol. The molecule has 2 heterocycles. The molecule has 0 bridgehead atoms. The van der Waals surface area contributed by atoms with Gasteiger partial charge < -0.3 is 10.6 Å². The van der Waals surface area contributed by atoms with Crippen molar-refractivity contribution >= 4 is 40.8 Å². The molecule has 1 saturated heterocycles. The topological polar surface area (TPSA) is 52.6 Å². The van der Waals surface area contributed by atoms with Crippen molar-refractivity contribution in [3.63, 3.8) is 0 Å². The number of nitrogens with zero attached hydrogens (tertiary/aromatic N) is 3. The summed E-state index contributed by atoms with van der Waals surface area (Å²) in [7, 11) is 1.83. The van der Waals surface area contributed by atoms with E-state index in [0.717, 1.165) is 24.6 Å². The van der Waals surface area contributed by atoms with Crippen LogP contribution in [0.1, 0.15) is 26.3 Å². The lowest BCUT2D eigenvalue weighted by Crippen LogP contribution is -2.46. The second-order valence-electron chi connectivity index (χ2n) is 7.19. The standard InChI is InChI=1S/C20H29N5.HI/c1-14(2)25-12-15(3)18(13-25)24-20(21-4)23-11-17-8-5-7-16-9-6-10-22-19(16)17;/h5-10,14-15,18H,11-13H2,1-4H3,(H2,21,23,24);1H. The summed E-state index contributed by atoms with van der Waals surface area (Å²) in [6, 6.07) is 11.4. The van der Waals surface area contributed by atoms with Gasteiger partial charge in [-0.05, 0) is 31.4 Å². The summed E-state index contributed by atoms with van der Waals surface area (Å²) in [4.78, 5) is 11.4. The summed E-state index contributed by atoms with van der Waals surface area (Å²) in [5, 5.41) is 8.21.